The van der Waals surface area contributed by atoms with E-state index in [9.17, 15) is 19.5 Å². The fraction of sp³-hybridized carbons (Fsp3) is 0.476. The minimum Gasteiger partial charge on any atom is -0.461 e. The summed E-state index contributed by atoms with van der Waals surface area (Å²) in [6.07, 6.45) is 0.625. The van der Waals surface area contributed by atoms with Crippen molar-refractivity contribution in [2.75, 3.05) is 6.61 Å². The zero-order valence-corrected chi connectivity index (χ0v) is 20.8. The largest absolute Gasteiger partial charge is 0.461 e. The van der Waals surface area contributed by atoms with Crippen LogP contribution in [0.4, 0.5) is 0 Å². The van der Waals surface area contributed by atoms with E-state index in [4.69, 9.17) is 10.5 Å². The third kappa shape index (κ3) is 6.90. The Balaban J connectivity index is 2.14. The van der Waals surface area contributed by atoms with Crippen LogP contribution < -0.4 is 16.4 Å². The van der Waals surface area contributed by atoms with Crippen LogP contribution in [0.2, 0.25) is 0 Å². The number of hydrogen-bond acceptors (Lipinski definition) is 10. The number of ether oxygens (including phenoxy) is 1. The van der Waals surface area contributed by atoms with Gasteiger partial charge in [0.15, 0.2) is 5.69 Å². The van der Waals surface area contributed by atoms with E-state index < -0.39 is 36.0 Å². The van der Waals surface area contributed by atoms with Crippen LogP contribution in [0.3, 0.4) is 0 Å². The van der Waals surface area contributed by atoms with Gasteiger partial charge in [0, 0.05) is 10.8 Å². The number of carbonyl (C=O) groups excluding carboxylic acids is 3. The highest BCUT2D eigenvalue weighted by Gasteiger charge is 2.26. The lowest BCUT2D eigenvalue weighted by molar-refractivity contribution is -0.123. The summed E-state index contributed by atoms with van der Waals surface area (Å²) in [6.45, 7) is 8.97. The first-order chi connectivity index (χ1) is 15.6. The summed E-state index contributed by atoms with van der Waals surface area (Å²) in [5.41, 5.74) is 6.44. The average Bonchev–Trinajstić information content (AvgIpc) is 3.45. The SMILES string of the molecule is C/C=C(\NC(=O)[C@@H](N)[C@@H](C)O)c1nc(C(=O)N[C@@H](c2nc(C(=O)OCC)cs2)C(C)C)cs1. The van der Waals surface area contributed by atoms with Crippen molar-refractivity contribution in [3.63, 3.8) is 0 Å². The van der Waals surface area contributed by atoms with Gasteiger partial charge in [-0.3, -0.25) is 9.59 Å². The highest BCUT2D eigenvalue weighted by Crippen LogP contribution is 2.26. The van der Waals surface area contributed by atoms with Gasteiger partial charge in [-0.15, -0.1) is 22.7 Å². The van der Waals surface area contributed by atoms with E-state index in [2.05, 4.69) is 20.6 Å². The predicted octanol–water partition coefficient (Wildman–Crippen LogP) is 2.09. The molecule has 0 saturated heterocycles. The number of aliphatic hydroxyl groups is 1. The maximum Gasteiger partial charge on any atom is 0.357 e. The number of rotatable bonds is 10. The zero-order chi connectivity index (χ0) is 24.7. The first-order valence-electron chi connectivity index (χ1n) is 10.4. The Morgan fingerprint density at radius 3 is 2.42 bits per heavy atom. The van der Waals surface area contributed by atoms with Gasteiger partial charge in [-0.1, -0.05) is 19.9 Å². The topological polar surface area (TPSA) is 157 Å². The third-order valence-electron chi connectivity index (χ3n) is 4.56. The second-order valence-electron chi connectivity index (χ2n) is 7.48. The molecular formula is C21H29N5O5S2. The Labute approximate surface area is 200 Å². The van der Waals surface area contributed by atoms with Crippen LogP contribution in [0.1, 0.15) is 71.7 Å². The Morgan fingerprint density at radius 1 is 1.18 bits per heavy atom. The molecule has 33 heavy (non-hydrogen) atoms. The molecule has 0 bridgehead atoms. The summed E-state index contributed by atoms with van der Waals surface area (Å²) >= 11 is 2.45. The molecule has 2 amide bonds. The molecule has 0 aliphatic rings. The van der Waals surface area contributed by atoms with Gasteiger partial charge in [0.25, 0.3) is 5.91 Å². The van der Waals surface area contributed by atoms with Crippen LogP contribution in [0.5, 0.6) is 0 Å². The van der Waals surface area contributed by atoms with Crippen molar-refractivity contribution >= 4 is 46.2 Å². The fourth-order valence-electron chi connectivity index (χ4n) is 2.64. The van der Waals surface area contributed by atoms with Gasteiger partial charge in [0.1, 0.15) is 21.8 Å². The predicted molar refractivity (Wildman–Crippen MR) is 127 cm³/mol. The van der Waals surface area contributed by atoms with Gasteiger partial charge >= 0.3 is 5.97 Å². The Hall–Kier alpha value is -2.67. The highest BCUT2D eigenvalue weighted by molar-refractivity contribution is 7.11. The number of esters is 1. The number of aromatic nitrogens is 2. The van der Waals surface area contributed by atoms with Crippen LogP contribution in [-0.4, -0.2) is 51.6 Å². The maximum absolute atomic E-state index is 12.9. The number of allylic oxidation sites excluding steroid dienone is 1. The summed E-state index contributed by atoms with van der Waals surface area (Å²) in [7, 11) is 0. The standard InChI is InChI=1S/C21H29N5O5S2/c1-6-12(23-18(29)15(22)11(5)27)19-24-13(8-32-19)17(28)26-16(10(3)4)20-25-14(9-33-20)21(30)31-7-2/h6,8-11,15-16,27H,7,22H2,1-5H3,(H,23,29)(H,26,28)/b12-6-/t11-,15+,16-/m1/s1. The van der Waals surface area contributed by atoms with Crippen molar-refractivity contribution in [1.29, 1.82) is 0 Å². The van der Waals surface area contributed by atoms with Crippen molar-refractivity contribution in [3.8, 4) is 0 Å². The fourth-order valence-corrected chi connectivity index (χ4v) is 4.48. The lowest BCUT2D eigenvalue weighted by Gasteiger charge is -2.19. The van der Waals surface area contributed by atoms with E-state index >= 15 is 0 Å². The minimum absolute atomic E-state index is 0.000553. The molecule has 2 heterocycles. The average molecular weight is 496 g/mol. The van der Waals surface area contributed by atoms with Gasteiger partial charge in [0.2, 0.25) is 5.91 Å². The van der Waals surface area contributed by atoms with Gasteiger partial charge in [-0.05, 0) is 26.7 Å². The van der Waals surface area contributed by atoms with E-state index in [0.717, 1.165) is 0 Å². The number of nitrogens with one attached hydrogen (secondary N) is 2. The number of carbonyl (C=O) groups is 3. The Morgan fingerprint density at radius 2 is 1.85 bits per heavy atom. The van der Waals surface area contributed by atoms with Gasteiger partial charge in [-0.2, -0.15) is 0 Å². The van der Waals surface area contributed by atoms with Crippen molar-refractivity contribution in [2.45, 2.75) is 52.8 Å². The molecule has 10 nitrogen and oxygen atoms in total. The molecule has 2 aromatic rings. The van der Waals surface area contributed by atoms with Crippen molar-refractivity contribution < 1.29 is 24.2 Å². The maximum atomic E-state index is 12.9. The summed E-state index contributed by atoms with van der Waals surface area (Å²) < 4.78 is 4.98. The van der Waals surface area contributed by atoms with Crippen LogP contribution >= 0.6 is 22.7 Å². The van der Waals surface area contributed by atoms with E-state index in [1.165, 1.54) is 29.6 Å². The van der Waals surface area contributed by atoms with Gasteiger partial charge < -0.3 is 26.2 Å². The van der Waals surface area contributed by atoms with Crippen LogP contribution in [0.25, 0.3) is 5.70 Å². The molecule has 2 rings (SSSR count). The third-order valence-corrected chi connectivity index (χ3v) is 6.37. The van der Waals surface area contributed by atoms with Crippen LogP contribution in [-0.2, 0) is 9.53 Å². The normalized spacial score (nSPS) is 14.5. The molecule has 0 aliphatic heterocycles. The van der Waals surface area contributed by atoms with E-state index in [1.807, 2.05) is 13.8 Å². The van der Waals surface area contributed by atoms with Crippen LogP contribution in [0, 0.1) is 5.92 Å². The van der Waals surface area contributed by atoms with Gasteiger partial charge in [-0.25, -0.2) is 14.8 Å². The molecule has 0 spiro atoms. The number of amides is 2. The van der Waals surface area contributed by atoms with E-state index in [-0.39, 0.29) is 23.9 Å². The van der Waals surface area contributed by atoms with Gasteiger partial charge in [0.05, 0.1) is 24.4 Å². The molecule has 0 radical (unpaired) electrons. The summed E-state index contributed by atoms with van der Waals surface area (Å²) in [4.78, 5) is 45.6. The molecule has 0 aromatic carbocycles. The molecule has 0 saturated carbocycles. The Bertz CT molecular complexity index is 1010. The molecule has 0 aliphatic carbocycles. The van der Waals surface area contributed by atoms with E-state index in [1.54, 1.807) is 30.7 Å². The van der Waals surface area contributed by atoms with Crippen molar-refractivity contribution in [1.82, 2.24) is 20.6 Å². The lowest BCUT2D eigenvalue weighted by Crippen LogP contribution is -2.46. The van der Waals surface area contributed by atoms with Crippen LogP contribution in [0.15, 0.2) is 16.8 Å². The summed E-state index contributed by atoms with van der Waals surface area (Å²) in [5.74, 6) is -1.47. The minimum atomic E-state index is -1.09. The zero-order valence-electron chi connectivity index (χ0n) is 19.1. The number of aliphatic hydroxyl groups excluding tert-OH is 1. The monoisotopic (exact) mass is 495 g/mol. The second-order valence-corrected chi connectivity index (χ2v) is 9.23. The second kappa shape index (κ2) is 12.0. The molecule has 0 fully saturated rings. The lowest BCUT2D eigenvalue weighted by atomic mass is 10.1. The number of thiazole rings is 2. The van der Waals surface area contributed by atoms with Crippen molar-refractivity contribution in [2.24, 2.45) is 11.7 Å². The molecule has 5 N–H and O–H groups in total. The number of hydrogen-bond donors (Lipinski definition) is 4. The molecule has 180 valence electrons. The number of nitrogens with zero attached hydrogens (tertiary/aromatic N) is 2. The smallest absolute Gasteiger partial charge is 0.357 e. The molecule has 12 heteroatoms. The first-order valence-corrected chi connectivity index (χ1v) is 12.1. The van der Waals surface area contributed by atoms with Crippen molar-refractivity contribution in [3.05, 3.63) is 38.2 Å². The molecule has 3 atom stereocenters. The first kappa shape index (κ1) is 26.6. The molecule has 0 unspecified atom stereocenters. The quantitative estimate of drug-likeness (QED) is 0.365. The summed E-state index contributed by atoms with van der Waals surface area (Å²) in [6, 6.07) is -1.52. The molecular weight excluding hydrogens is 466 g/mol. The Kier molecular flexibility index (Phi) is 9.65. The molecule has 2 aromatic heterocycles. The summed E-state index contributed by atoms with van der Waals surface area (Å²) in [5, 5.41) is 19.2. The highest BCUT2D eigenvalue weighted by atomic mass is 32.1. The number of nitrogens with two attached hydrogens (primary N) is 1. The van der Waals surface area contributed by atoms with E-state index in [0.29, 0.717) is 15.7 Å².